The maximum Gasteiger partial charge on any atom is 0.352 e. The van der Waals surface area contributed by atoms with Crippen LogP contribution in [-0.4, -0.2) is 18.0 Å². The number of benzene rings is 1. The third kappa shape index (κ3) is 2.36. The number of amides is 3. The fourth-order valence-corrected chi connectivity index (χ4v) is 1.59. The summed E-state index contributed by atoms with van der Waals surface area (Å²) in [4.78, 5) is 27.9. The Hall–Kier alpha value is -1.30. The average Bonchev–Trinajstić information content (AvgIpc) is 2.27. The highest BCUT2D eigenvalue weighted by Crippen LogP contribution is 2.28. The third-order valence-corrected chi connectivity index (χ3v) is 2.92. The topological polar surface area (TPSA) is 58.6 Å². The van der Waals surface area contributed by atoms with Gasteiger partial charge in [0.2, 0.25) is 0 Å². The molecule has 0 saturated carbocycles. The molecule has 2 rings (SSSR count). The SMILES string of the molecule is CC1ON(c2ccc(Cl)c(Cl)c2)C(=O)NC1=O. The van der Waals surface area contributed by atoms with Crippen molar-refractivity contribution in [2.24, 2.45) is 0 Å². The van der Waals surface area contributed by atoms with Crippen LogP contribution in [0.4, 0.5) is 10.5 Å². The minimum Gasteiger partial charge on any atom is -0.273 e. The van der Waals surface area contributed by atoms with E-state index in [1.807, 2.05) is 0 Å². The van der Waals surface area contributed by atoms with E-state index in [1.165, 1.54) is 19.1 Å². The number of carbonyl (C=O) groups is 2. The van der Waals surface area contributed by atoms with E-state index in [2.05, 4.69) is 5.32 Å². The van der Waals surface area contributed by atoms with Crippen LogP contribution >= 0.6 is 23.2 Å². The Bertz CT molecular complexity index is 492. The van der Waals surface area contributed by atoms with Gasteiger partial charge >= 0.3 is 6.03 Å². The summed E-state index contributed by atoms with van der Waals surface area (Å²) in [5, 5.41) is 3.79. The van der Waals surface area contributed by atoms with Gasteiger partial charge in [0.1, 0.15) is 0 Å². The summed E-state index contributed by atoms with van der Waals surface area (Å²) in [6.07, 6.45) is -0.748. The lowest BCUT2D eigenvalue weighted by Gasteiger charge is -2.29. The number of urea groups is 1. The Labute approximate surface area is 107 Å². The molecule has 1 aromatic rings. The fourth-order valence-electron chi connectivity index (χ4n) is 1.30. The van der Waals surface area contributed by atoms with Gasteiger partial charge in [-0.2, -0.15) is 5.06 Å². The number of carbonyl (C=O) groups excluding carboxylic acids is 2. The summed E-state index contributed by atoms with van der Waals surface area (Å²) in [5.41, 5.74) is 0.399. The number of hydrogen-bond acceptors (Lipinski definition) is 3. The first-order valence-electron chi connectivity index (χ1n) is 4.76. The molecular weight excluding hydrogens is 267 g/mol. The molecule has 1 aliphatic heterocycles. The molecule has 1 saturated heterocycles. The molecule has 0 aliphatic carbocycles. The van der Waals surface area contributed by atoms with Crippen molar-refractivity contribution in [1.29, 1.82) is 0 Å². The zero-order valence-electron chi connectivity index (χ0n) is 8.74. The van der Waals surface area contributed by atoms with Gasteiger partial charge < -0.3 is 0 Å². The molecule has 1 aliphatic rings. The van der Waals surface area contributed by atoms with Crippen molar-refractivity contribution in [2.75, 3.05) is 5.06 Å². The molecule has 0 bridgehead atoms. The Morgan fingerprint density at radius 3 is 2.65 bits per heavy atom. The van der Waals surface area contributed by atoms with E-state index in [9.17, 15) is 9.59 Å². The van der Waals surface area contributed by atoms with Crippen molar-refractivity contribution in [3.05, 3.63) is 28.2 Å². The Morgan fingerprint density at radius 1 is 1.29 bits per heavy atom. The molecule has 5 nitrogen and oxygen atoms in total. The van der Waals surface area contributed by atoms with Crippen molar-refractivity contribution in [3.8, 4) is 0 Å². The van der Waals surface area contributed by atoms with E-state index >= 15 is 0 Å². The van der Waals surface area contributed by atoms with Crippen molar-refractivity contribution in [1.82, 2.24) is 5.32 Å². The standard InChI is InChI=1S/C10H8Cl2N2O3/c1-5-9(15)13-10(16)14(17-5)6-2-3-7(11)8(12)4-6/h2-5H,1H3,(H,13,15,16). The van der Waals surface area contributed by atoms with Crippen LogP contribution in [0.1, 0.15) is 6.92 Å². The van der Waals surface area contributed by atoms with Crippen molar-refractivity contribution in [2.45, 2.75) is 13.0 Å². The van der Waals surface area contributed by atoms with Gasteiger partial charge in [-0.1, -0.05) is 23.2 Å². The number of rotatable bonds is 1. The smallest absolute Gasteiger partial charge is 0.273 e. The number of imide groups is 1. The van der Waals surface area contributed by atoms with Crippen LogP contribution in [0.5, 0.6) is 0 Å². The number of anilines is 1. The minimum absolute atomic E-state index is 0.296. The molecule has 1 heterocycles. The molecule has 1 aromatic carbocycles. The highest BCUT2D eigenvalue weighted by Gasteiger charge is 2.31. The van der Waals surface area contributed by atoms with Gasteiger partial charge in [-0.3, -0.25) is 14.9 Å². The van der Waals surface area contributed by atoms with Crippen LogP contribution in [0, 0.1) is 0 Å². The van der Waals surface area contributed by atoms with E-state index in [0.29, 0.717) is 15.7 Å². The summed E-state index contributed by atoms with van der Waals surface area (Å²) >= 11 is 11.6. The summed E-state index contributed by atoms with van der Waals surface area (Å²) in [5.74, 6) is -0.480. The molecular formula is C10H8Cl2N2O3. The van der Waals surface area contributed by atoms with Gasteiger partial charge in [0.05, 0.1) is 15.7 Å². The molecule has 7 heteroatoms. The normalized spacial score (nSPS) is 20.4. The first-order valence-corrected chi connectivity index (χ1v) is 5.51. The van der Waals surface area contributed by atoms with Crippen LogP contribution in [0.25, 0.3) is 0 Å². The van der Waals surface area contributed by atoms with Crippen LogP contribution in [0.15, 0.2) is 18.2 Å². The molecule has 1 unspecified atom stereocenters. The molecule has 3 amide bonds. The monoisotopic (exact) mass is 274 g/mol. The largest absolute Gasteiger partial charge is 0.352 e. The zero-order chi connectivity index (χ0) is 12.6. The molecule has 1 fully saturated rings. The summed E-state index contributed by atoms with van der Waals surface area (Å²) in [6, 6.07) is 3.92. The van der Waals surface area contributed by atoms with Gasteiger partial charge in [0.25, 0.3) is 5.91 Å². The maximum absolute atomic E-state index is 11.5. The van der Waals surface area contributed by atoms with Crippen molar-refractivity contribution < 1.29 is 14.4 Å². The number of halogens is 2. The fraction of sp³-hybridized carbons (Fsp3) is 0.200. The quantitative estimate of drug-likeness (QED) is 0.855. The van der Waals surface area contributed by atoms with Crippen LogP contribution in [0.2, 0.25) is 10.0 Å². The van der Waals surface area contributed by atoms with Gasteiger partial charge in [-0.15, -0.1) is 0 Å². The number of hydroxylamine groups is 1. The summed E-state index contributed by atoms with van der Waals surface area (Å²) in [7, 11) is 0. The maximum atomic E-state index is 11.5. The second kappa shape index (κ2) is 4.52. The van der Waals surface area contributed by atoms with Gasteiger partial charge in [-0.05, 0) is 25.1 Å². The van der Waals surface area contributed by atoms with E-state index < -0.39 is 18.0 Å². The number of hydrogen-bond donors (Lipinski definition) is 1. The van der Waals surface area contributed by atoms with E-state index in [-0.39, 0.29) is 0 Å². The predicted octanol–water partition coefficient (Wildman–Crippen LogP) is 2.37. The first-order chi connectivity index (χ1) is 7.99. The van der Waals surface area contributed by atoms with Crippen LogP contribution in [-0.2, 0) is 9.63 Å². The Kier molecular flexibility index (Phi) is 3.24. The lowest BCUT2D eigenvalue weighted by Crippen LogP contribution is -2.54. The first kappa shape index (κ1) is 12.2. The third-order valence-electron chi connectivity index (χ3n) is 2.19. The van der Waals surface area contributed by atoms with Crippen LogP contribution in [0.3, 0.4) is 0 Å². The van der Waals surface area contributed by atoms with E-state index in [1.54, 1.807) is 6.07 Å². The van der Waals surface area contributed by atoms with Gasteiger partial charge in [-0.25, -0.2) is 4.79 Å². The average molecular weight is 275 g/mol. The van der Waals surface area contributed by atoms with Crippen molar-refractivity contribution >= 4 is 40.8 Å². The second-order valence-electron chi connectivity index (χ2n) is 3.43. The second-order valence-corrected chi connectivity index (χ2v) is 4.25. The summed E-state index contributed by atoms with van der Waals surface area (Å²) < 4.78 is 0. The summed E-state index contributed by atoms with van der Waals surface area (Å²) in [6.45, 7) is 1.53. The van der Waals surface area contributed by atoms with Gasteiger partial charge in [0, 0.05) is 0 Å². The van der Waals surface area contributed by atoms with E-state index in [0.717, 1.165) is 5.06 Å². The van der Waals surface area contributed by atoms with Crippen molar-refractivity contribution in [3.63, 3.8) is 0 Å². The molecule has 0 aromatic heterocycles. The van der Waals surface area contributed by atoms with E-state index in [4.69, 9.17) is 28.0 Å². The molecule has 90 valence electrons. The molecule has 0 radical (unpaired) electrons. The molecule has 0 spiro atoms. The highest BCUT2D eigenvalue weighted by molar-refractivity contribution is 6.42. The number of nitrogens with zero attached hydrogens (tertiary/aromatic N) is 1. The molecule has 1 N–H and O–H groups in total. The molecule has 17 heavy (non-hydrogen) atoms. The Balaban J connectivity index is 2.30. The predicted molar refractivity (Wildman–Crippen MR) is 63.0 cm³/mol. The number of nitrogens with one attached hydrogen (secondary N) is 1. The van der Waals surface area contributed by atoms with Gasteiger partial charge in [0.15, 0.2) is 6.10 Å². The Morgan fingerprint density at radius 2 is 2.00 bits per heavy atom. The lowest BCUT2D eigenvalue weighted by atomic mass is 10.3. The minimum atomic E-state index is -0.748. The lowest BCUT2D eigenvalue weighted by molar-refractivity contribution is -0.133. The highest BCUT2D eigenvalue weighted by atomic mass is 35.5. The molecule has 1 atom stereocenters. The van der Waals surface area contributed by atoms with Crippen LogP contribution < -0.4 is 10.4 Å². The zero-order valence-corrected chi connectivity index (χ0v) is 10.2.